The Balaban J connectivity index is 1.82. The van der Waals surface area contributed by atoms with Gasteiger partial charge in [0, 0.05) is 6.54 Å². The van der Waals surface area contributed by atoms with E-state index in [1.165, 1.54) is 46.0 Å². The van der Waals surface area contributed by atoms with Crippen LogP contribution in [-0.4, -0.2) is 50.7 Å². The van der Waals surface area contributed by atoms with E-state index < -0.39 is 0 Å². The summed E-state index contributed by atoms with van der Waals surface area (Å²) in [6, 6.07) is 0. The van der Waals surface area contributed by atoms with Gasteiger partial charge in [0.05, 0.1) is 13.5 Å². The Bertz CT molecular complexity index is 179. The molecule has 1 N–H and O–H groups in total. The van der Waals surface area contributed by atoms with E-state index in [0.717, 1.165) is 13.1 Å². The molecule has 0 aromatic heterocycles. The van der Waals surface area contributed by atoms with Gasteiger partial charge in [-0.1, -0.05) is 0 Å². The average Bonchev–Trinajstić information content (AvgIpc) is 2.75. The third kappa shape index (κ3) is 5.74. The molecular formula is C11H22N2O2. The first kappa shape index (κ1) is 12.5. The van der Waals surface area contributed by atoms with Crippen molar-refractivity contribution in [2.75, 3.05) is 39.8 Å². The molecule has 4 nitrogen and oxygen atoms in total. The normalized spacial score (nSPS) is 16.9. The Morgan fingerprint density at radius 3 is 2.73 bits per heavy atom. The van der Waals surface area contributed by atoms with Crippen molar-refractivity contribution < 1.29 is 9.53 Å². The van der Waals surface area contributed by atoms with Crippen LogP contribution in [0.4, 0.5) is 0 Å². The lowest BCUT2D eigenvalue weighted by molar-refractivity contribution is -0.140. The van der Waals surface area contributed by atoms with Crippen molar-refractivity contribution in [1.82, 2.24) is 10.2 Å². The van der Waals surface area contributed by atoms with Gasteiger partial charge in [-0.2, -0.15) is 0 Å². The molecular weight excluding hydrogens is 192 g/mol. The Kier molecular flexibility index (Phi) is 6.36. The molecule has 0 aromatic rings. The van der Waals surface area contributed by atoms with Gasteiger partial charge in [0.2, 0.25) is 0 Å². The van der Waals surface area contributed by atoms with Crippen LogP contribution in [0.25, 0.3) is 0 Å². The van der Waals surface area contributed by atoms with Crippen LogP contribution >= 0.6 is 0 Å². The van der Waals surface area contributed by atoms with Crippen LogP contribution < -0.4 is 5.32 Å². The minimum atomic E-state index is -0.137. The van der Waals surface area contributed by atoms with Gasteiger partial charge in [0.25, 0.3) is 0 Å². The number of esters is 1. The molecule has 1 aliphatic rings. The summed E-state index contributed by atoms with van der Waals surface area (Å²) >= 11 is 0. The molecule has 88 valence electrons. The van der Waals surface area contributed by atoms with Gasteiger partial charge in [-0.3, -0.25) is 4.79 Å². The molecule has 0 radical (unpaired) electrons. The van der Waals surface area contributed by atoms with Crippen molar-refractivity contribution in [2.45, 2.75) is 25.7 Å². The first-order valence-electron chi connectivity index (χ1n) is 5.83. The zero-order chi connectivity index (χ0) is 10.9. The van der Waals surface area contributed by atoms with Gasteiger partial charge in [0.1, 0.15) is 0 Å². The highest BCUT2D eigenvalue weighted by Gasteiger charge is 2.09. The largest absolute Gasteiger partial charge is 0.469 e. The smallest absolute Gasteiger partial charge is 0.306 e. The lowest BCUT2D eigenvalue weighted by atomic mass is 10.3. The van der Waals surface area contributed by atoms with Crippen LogP contribution in [-0.2, 0) is 9.53 Å². The lowest BCUT2D eigenvalue weighted by Gasteiger charge is -2.14. The van der Waals surface area contributed by atoms with E-state index in [1.54, 1.807) is 0 Å². The molecule has 1 fully saturated rings. The lowest BCUT2D eigenvalue weighted by Crippen LogP contribution is -2.26. The number of hydrogen-bond donors (Lipinski definition) is 1. The van der Waals surface area contributed by atoms with Crippen LogP contribution in [0.3, 0.4) is 0 Å². The van der Waals surface area contributed by atoms with E-state index in [9.17, 15) is 4.79 Å². The second-order valence-corrected chi connectivity index (χ2v) is 3.98. The van der Waals surface area contributed by atoms with E-state index in [2.05, 4.69) is 15.0 Å². The van der Waals surface area contributed by atoms with Crippen molar-refractivity contribution in [3.63, 3.8) is 0 Å². The molecule has 1 rings (SSSR count). The second-order valence-electron chi connectivity index (χ2n) is 3.98. The van der Waals surface area contributed by atoms with Gasteiger partial charge in [-0.15, -0.1) is 0 Å². The number of carbonyl (C=O) groups is 1. The molecule has 0 unspecified atom stereocenters. The van der Waals surface area contributed by atoms with Gasteiger partial charge < -0.3 is 15.0 Å². The van der Waals surface area contributed by atoms with E-state index in [4.69, 9.17) is 0 Å². The Morgan fingerprint density at radius 1 is 1.33 bits per heavy atom. The molecule has 1 heterocycles. The van der Waals surface area contributed by atoms with Crippen LogP contribution in [0.15, 0.2) is 0 Å². The van der Waals surface area contributed by atoms with Crippen LogP contribution in [0.2, 0.25) is 0 Å². The van der Waals surface area contributed by atoms with Crippen molar-refractivity contribution in [3.05, 3.63) is 0 Å². The Morgan fingerprint density at radius 2 is 2.07 bits per heavy atom. The zero-order valence-electron chi connectivity index (χ0n) is 9.63. The fraction of sp³-hybridized carbons (Fsp3) is 0.909. The maximum absolute atomic E-state index is 10.8. The third-order valence-corrected chi connectivity index (χ3v) is 2.76. The van der Waals surface area contributed by atoms with E-state index >= 15 is 0 Å². The highest BCUT2D eigenvalue weighted by Crippen LogP contribution is 2.06. The van der Waals surface area contributed by atoms with Crippen LogP contribution in [0.1, 0.15) is 25.7 Å². The Labute approximate surface area is 92.0 Å². The molecule has 0 bridgehead atoms. The topological polar surface area (TPSA) is 41.6 Å². The predicted molar refractivity (Wildman–Crippen MR) is 59.8 cm³/mol. The number of nitrogens with zero attached hydrogens (tertiary/aromatic N) is 1. The molecule has 0 aliphatic carbocycles. The zero-order valence-corrected chi connectivity index (χ0v) is 9.63. The van der Waals surface area contributed by atoms with Gasteiger partial charge >= 0.3 is 5.97 Å². The molecule has 1 saturated heterocycles. The third-order valence-electron chi connectivity index (χ3n) is 2.76. The summed E-state index contributed by atoms with van der Waals surface area (Å²) in [6.07, 6.45) is 4.35. The monoisotopic (exact) mass is 214 g/mol. The molecule has 0 spiro atoms. The molecule has 4 heteroatoms. The maximum Gasteiger partial charge on any atom is 0.306 e. The van der Waals surface area contributed by atoms with Crippen molar-refractivity contribution in [1.29, 1.82) is 0 Å². The van der Waals surface area contributed by atoms with Crippen molar-refractivity contribution in [2.24, 2.45) is 0 Å². The van der Waals surface area contributed by atoms with Crippen molar-refractivity contribution in [3.8, 4) is 0 Å². The average molecular weight is 214 g/mol. The summed E-state index contributed by atoms with van der Waals surface area (Å²) in [7, 11) is 1.43. The highest BCUT2D eigenvalue weighted by molar-refractivity contribution is 5.69. The SMILES string of the molecule is COC(=O)CCNCCCN1CCCC1. The summed E-state index contributed by atoms with van der Waals surface area (Å²) in [5.74, 6) is -0.137. The maximum atomic E-state index is 10.8. The summed E-state index contributed by atoms with van der Waals surface area (Å²) < 4.78 is 4.55. The first-order valence-corrected chi connectivity index (χ1v) is 5.83. The van der Waals surface area contributed by atoms with Gasteiger partial charge in [0.15, 0.2) is 0 Å². The number of rotatable bonds is 7. The summed E-state index contributed by atoms with van der Waals surface area (Å²) in [4.78, 5) is 13.3. The number of hydrogen-bond acceptors (Lipinski definition) is 4. The van der Waals surface area contributed by atoms with Gasteiger partial charge in [-0.05, 0) is 45.4 Å². The molecule has 0 atom stereocenters. The quantitative estimate of drug-likeness (QED) is 0.498. The van der Waals surface area contributed by atoms with Crippen molar-refractivity contribution >= 4 is 5.97 Å². The van der Waals surface area contributed by atoms with E-state index in [-0.39, 0.29) is 5.97 Å². The second kappa shape index (κ2) is 7.65. The predicted octanol–water partition coefficient (Wildman–Crippen LogP) is 0.625. The first-order chi connectivity index (χ1) is 7.33. The Hall–Kier alpha value is -0.610. The molecule has 0 saturated carbocycles. The fourth-order valence-corrected chi connectivity index (χ4v) is 1.85. The fourth-order valence-electron chi connectivity index (χ4n) is 1.85. The minimum absolute atomic E-state index is 0.137. The minimum Gasteiger partial charge on any atom is -0.469 e. The highest BCUT2D eigenvalue weighted by atomic mass is 16.5. The molecule has 0 amide bonds. The number of carbonyl (C=O) groups excluding carboxylic acids is 1. The standard InChI is InChI=1S/C11H22N2O2/c1-15-11(14)5-7-12-6-4-10-13-8-2-3-9-13/h12H,2-10H2,1H3. The number of nitrogens with one attached hydrogen (secondary N) is 1. The van der Waals surface area contributed by atoms with Gasteiger partial charge in [-0.25, -0.2) is 0 Å². The summed E-state index contributed by atoms with van der Waals surface area (Å²) in [6.45, 7) is 5.44. The van der Waals surface area contributed by atoms with Crippen LogP contribution in [0, 0.1) is 0 Å². The van der Waals surface area contributed by atoms with Crippen LogP contribution in [0.5, 0.6) is 0 Å². The molecule has 15 heavy (non-hydrogen) atoms. The number of ether oxygens (including phenoxy) is 1. The van der Waals surface area contributed by atoms with E-state index in [0.29, 0.717) is 6.42 Å². The molecule has 1 aliphatic heterocycles. The summed E-state index contributed by atoms with van der Waals surface area (Å²) in [5.41, 5.74) is 0. The number of methoxy groups -OCH3 is 1. The molecule has 0 aromatic carbocycles. The summed E-state index contributed by atoms with van der Waals surface area (Å²) in [5, 5.41) is 3.25. The number of likely N-dealkylation sites (tertiary alicyclic amines) is 1. The van der Waals surface area contributed by atoms with E-state index in [1.807, 2.05) is 0 Å².